The van der Waals surface area contributed by atoms with Crippen molar-refractivity contribution in [1.82, 2.24) is 4.98 Å². The molecule has 0 spiro atoms. The molecule has 3 aromatic rings. The van der Waals surface area contributed by atoms with E-state index in [4.69, 9.17) is 19.3 Å². The van der Waals surface area contributed by atoms with E-state index in [9.17, 15) is 27.2 Å². The Morgan fingerprint density at radius 2 is 1.57 bits per heavy atom. The number of nitrogens with zero attached hydrogens (tertiary/aromatic N) is 1. The van der Waals surface area contributed by atoms with Crippen LogP contribution in [-0.4, -0.2) is 49.1 Å². The molecule has 0 aliphatic heterocycles. The predicted octanol–water partition coefficient (Wildman–Crippen LogP) is 5.14. The molecule has 0 aliphatic carbocycles. The first-order chi connectivity index (χ1) is 17.6. The van der Waals surface area contributed by atoms with Crippen molar-refractivity contribution in [2.24, 2.45) is 0 Å². The summed E-state index contributed by atoms with van der Waals surface area (Å²) in [5.41, 5.74) is -1.46. The maximum Gasteiger partial charge on any atom is 0.419 e. The molecular weight excluding hydrogens is 498 g/mol. The van der Waals surface area contributed by atoms with E-state index >= 15 is 0 Å². The van der Waals surface area contributed by atoms with Crippen molar-refractivity contribution in [2.75, 3.05) is 27.4 Å². The summed E-state index contributed by atoms with van der Waals surface area (Å²) in [7, 11) is 2.67. The van der Waals surface area contributed by atoms with Gasteiger partial charge in [-0.3, -0.25) is 9.59 Å². The summed E-state index contributed by atoms with van der Waals surface area (Å²) in [6, 6.07) is 9.53. The number of benzene rings is 2. The molecule has 0 unspecified atom stereocenters. The highest BCUT2D eigenvalue weighted by Crippen LogP contribution is 2.36. The number of methoxy groups -OCH3 is 2. The maximum absolute atomic E-state index is 13.7. The third-order valence-electron chi connectivity index (χ3n) is 5.32. The predicted molar refractivity (Wildman–Crippen MR) is 125 cm³/mol. The molecule has 3 rings (SSSR count). The van der Waals surface area contributed by atoms with Crippen molar-refractivity contribution in [2.45, 2.75) is 19.0 Å². The quantitative estimate of drug-likeness (QED) is 0.276. The van der Waals surface area contributed by atoms with Crippen LogP contribution in [0.4, 0.5) is 17.6 Å². The molecular formula is C26H23F4NO6. The molecule has 0 atom stereocenters. The molecule has 0 fully saturated rings. The number of carbonyl (C=O) groups is 2. The molecule has 11 heteroatoms. The minimum absolute atomic E-state index is 0.0461. The lowest BCUT2D eigenvalue weighted by molar-refractivity contribution is -0.139. The van der Waals surface area contributed by atoms with Gasteiger partial charge in [-0.1, -0.05) is 0 Å². The van der Waals surface area contributed by atoms with Crippen molar-refractivity contribution in [3.8, 4) is 28.5 Å². The number of ether oxygens (including phenoxy) is 3. The number of aliphatic hydroxyl groups is 1. The first kappa shape index (κ1) is 27.6. The van der Waals surface area contributed by atoms with Crippen LogP contribution >= 0.6 is 0 Å². The molecule has 1 heterocycles. The van der Waals surface area contributed by atoms with Crippen LogP contribution < -0.4 is 14.2 Å². The number of Topliss-reactive ketones (excluding diaryl/α,β-unsaturated/α-hetero) is 2. The Labute approximate surface area is 209 Å². The number of aromatic nitrogens is 1. The zero-order valence-corrected chi connectivity index (χ0v) is 19.9. The first-order valence-electron chi connectivity index (χ1n) is 11.0. The molecule has 0 saturated carbocycles. The molecule has 7 nitrogen and oxygen atoms in total. The van der Waals surface area contributed by atoms with Crippen molar-refractivity contribution >= 4 is 11.6 Å². The van der Waals surface area contributed by atoms with E-state index in [0.29, 0.717) is 17.9 Å². The Balaban J connectivity index is 1.80. The summed E-state index contributed by atoms with van der Waals surface area (Å²) >= 11 is 0. The lowest BCUT2D eigenvalue weighted by Gasteiger charge is -2.13. The van der Waals surface area contributed by atoms with Crippen molar-refractivity contribution in [1.29, 1.82) is 0 Å². The number of alkyl halides is 3. The van der Waals surface area contributed by atoms with Gasteiger partial charge in [-0.2, -0.15) is 13.2 Å². The van der Waals surface area contributed by atoms with Gasteiger partial charge in [-0.25, -0.2) is 9.37 Å². The monoisotopic (exact) mass is 521 g/mol. The molecule has 0 amide bonds. The van der Waals surface area contributed by atoms with Gasteiger partial charge in [0, 0.05) is 24.0 Å². The normalized spacial score (nSPS) is 11.2. The first-order valence-corrected chi connectivity index (χ1v) is 11.0. The van der Waals surface area contributed by atoms with Crippen LogP contribution in [0.3, 0.4) is 0 Å². The van der Waals surface area contributed by atoms with Gasteiger partial charge in [0.25, 0.3) is 0 Å². The summed E-state index contributed by atoms with van der Waals surface area (Å²) in [5.74, 6) is -1.61. The fourth-order valence-corrected chi connectivity index (χ4v) is 3.48. The van der Waals surface area contributed by atoms with E-state index in [1.54, 1.807) is 0 Å². The fourth-order valence-electron chi connectivity index (χ4n) is 3.48. The smallest absolute Gasteiger partial charge is 0.419 e. The van der Waals surface area contributed by atoms with Gasteiger partial charge in [0.15, 0.2) is 23.1 Å². The number of hydrogen-bond acceptors (Lipinski definition) is 7. The number of rotatable bonds is 11. The highest BCUT2D eigenvalue weighted by atomic mass is 19.4. The molecule has 0 bridgehead atoms. The van der Waals surface area contributed by atoms with E-state index in [1.165, 1.54) is 44.6 Å². The second-order valence-corrected chi connectivity index (χ2v) is 7.72. The summed E-state index contributed by atoms with van der Waals surface area (Å²) in [4.78, 5) is 29.6. The van der Waals surface area contributed by atoms with Crippen LogP contribution in [0.5, 0.6) is 17.2 Å². The minimum atomic E-state index is -4.92. The molecule has 1 N–H and O–H groups in total. The molecule has 0 saturated heterocycles. The average molecular weight is 521 g/mol. The highest BCUT2D eigenvalue weighted by molar-refractivity contribution is 6.02. The van der Waals surface area contributed by atoms with Gasteiger partial charge in [0.05, 0.1) is 26.4 Å². The summed E-state index contributed by atoms with van der Waals surface area (Å²) in [6.45, 7) is -0.151. The van der Waals surface area contributed by atoms with Crippen molar-refractivity contribution in [3.05, 3.63) is 71.2 Å². The molecule has 1 aromatic heterocycles. The van der Waals surface area contributed by atoms with Crippen LogP contribution in [-0.2, 0) is 6.18 Å². The number of halogens is 4. The summed E-state index contributed by atoms with van der Waals surface area (Å²) < 4.78 is 68.9. The average Bonchev–Trinajstić information content (AvgIpc) is 2.89. The number of pyridine rings is 1. The standard InChI is InChI=1S/C26H23F4NO6/c1-35-23-10-6-19(31-25(23)16-3-5-18(27)17(13-16)26(28,29)30)21(34)8-7-20(33)15-4-9-22(37-12-11-32)24(14-15)36-2/h3-6,9-10,13-14,32H,7-8,11-12H2,1-2H3. The van der Waals surface area contributed by atoms with E-state index in [-0.39, 0.29) is 65.9 Å². The summed E-state index contributed by atoms with van der Waals surface area (Å²) in [6.07, 6.45) is -5.32. The van der Waals surface area contributed by atoms with Crippen molar-refractivity contribution < 1.29 is 46.5 Å². The second kappa shape index (κ2) is 11.8. The molecule has 2 aromatic carbocycles. The van der Waals surface area contributed by atoms with Crippen LogP contribution in [0.1, 0.15) is 39.3 Å². The van der Waals surface area contributed by atoms with Crippen molar-refractivity contribution in [3.63, 3.8) is 0 Å². The Hall–Kier alpha value is -3.99. The zero-order valence-electron chi connectivity index (χ0n) is 19.9. The van der Waals surface area contributed by atoms with Crippen LogP contribution in [0, 0.1) is 5.82 Å². The Morgan fingerprint density at radius 3 is 2.22 bits per heavy atom. The van der Waals surface area contributed by atoms with Gasteiger partial charge >= 0.3 is 6.18 Å². The van der Waals surface area contributed by atoms with E-state index in [0.717, 1.165) is 6.07 Å². The minimum Gasteiger partial charge on any atom is -0.494 e. The number of hydrogen-bond donors (Lipinski definition) is 1. The Bertz CT molecular complexity index is 1290. The van der Waals surface area contributed by atoms with Crippen LogP contribution in [0.2, 0.25) is 0 Å². The van der Waals surface area contributed by atoms with E-state index in [2.05, 4.69) is 4.98 Å². The number of aliphatic hydroxyl groups excluding tert-OH is 1. The number of ketones is 2. The molecule has 196 valence electrons. The fraction of sp³-hybridized carbons (Fsp3) is 0.269. The van der Waals surface area contributed by atoms with Gasteiger partial charge in [-0.15, -0.1) is 0 Å². The maximum atomic E-state index is 13.7. The van der Waals surface area contributed by atoms with E-state index < -0.39 is 23.3 Å². The molecule has 0 radical (unpaired) electrons. The lowest BCUT2D eigenvalue weighted by atomic mass is 10.0. The topological polar surface area (TPSA) is 95.0 Å². The molecule has 37 heavy (non-hydrogen) atoms. The SMILES string of the molecule is COc1cc(C(=O)CCC(=O)c2ccc(OC)c(-c3ccc(F)c(C(F)(F)F)c3)n2)ccc1OCCO. The van der Waals surface area contributed by atoms with E-state index in [1.807, 2.05) is 0 Å². The van der Waals surface area contributed by atoms with Gasteiger partial charge < -0.3 is 19.3 Å². The second-order valence-electron chi connectivity index (χ2n) is 7.72. The van der Waals surface area contributed by atoms with Gasteiger partial charge in [0.1, 0.15) is 29.6 Å². The largest absolute Gasteiger partial charge is 0.494 e. The van der Waals surface area contributed by atoms with Crippen LogP contribution in [0.25, 0.3) is 11.3 Å². The third kappa shape index (κ3) is 6.62. The lowest BCUT2D eigenvalue weighted by Crippen LogP contribution is -2.10. The summed E-state index contributed by atoms with van der Waals surface area (Å²) in [5, 5.41) is 8.89. The number of carbonyl (C=O) groups excluding carboxylic acids is 2. The Kier molecular flexibility index (Phi) is 8.82. The van der Waals surface area contributed by atoms with Crippen LogP contribution in [0.15, 0.2) is 48.5 Å². The van der Waals surface area contributed by atoms with Gasteiger partial charge in [-0.05, 0) is 48.5 Å². The Morgan fingerprint density at radius 1 is 0.892 bits per heavy atom. The molecule has 0 aliphatic rings. The highest BCUT2D eigenvalue weighted by Gasteiger charge is 2.34. The third-order valence-corrected chi connectivity index (χ3v) is 5.32. The van der Waals surface area contributed by atoms with Gasteiger partial charge in [0.2, 0.25) is 0 Å². The zero-order chi connectivity index (χ0) is 27.2.